The highest BCUT2D eigenvalue weighted by Crippen LogP contribution is 2.50. The predicted octanol–water partition coefficient (Wildman–Crippen LogP) is 16.1. The molecule has 0 radical (unpaired) electrons. The van der Waals surface area contributed by atoms with Crippen LogP contribution in [0.3, 0.4) is 0 Å². The van der Waals surface area contributed by atoms with Gasteiger partial charge in [0.1, 0.15) is 0 Å². The van der Waals surface area contributed by atoms with Crippen LogP contribution in [0, 0.1) is 12.3 Å². The summed E-state index contributed by atoms with van der Waals surface area (Å²) in [6, 6.07) is 63.5. The van der Waals surface area contributed by atoms with Gasteiger partial charge in [0.05, 0.1) is 5.69 Å². The first-order valence-corrected chi connectivity index (χ1v) is 25.3. The molecule has 344 valence electrons. The Morgan fingerprint density at radius 2 is 0.884 bits per heavy atom. The molecule has 0 amide bonds. The summed E-state index contributed by atoms with van der Waals surface area (Å²) >= 11 is 0. The maximum Gasteiger partial charge on any atom is 0.252 e. The lowest BCUT2D eigenvalue weighted by Gasteiger charge is -2.45. The van der Waals surface area contributed by atoms with E-state index in [2.05, 4.69) is 257 Å². The van der Waals surface area contributed by atoms with Crippen LogP contribution in [0.25, 0.3) is 33.4 Å². The highest BCUT2D eigenvalue weighted by Gasteiger charge is 2.45. The molecule has 0 saturated heterocycles. The Morgan fingerprint density at radius 3 is 1.46 bits per heavy atom. The molecule has 2 nitrogen and oxygen atoms in total. The largest absolute Gasteiger partial charge is 0.311 e. The van der Waals surface area contributed by atoms with Gasteiger partial charge in [0, 0.05) is 34.0 Å². The molecule has 1 aliphatic carbocycles. The van der Waals surface area contributed by atoms with E-state index >= 15 is 0 Å². The third kappa shape index (κ3) is 7.93. The van der Waals surface area contributed by atoms with Crippen LogP contribution in [0.15, 0.2) is 164 Å². The van der Waals surface area contributed by atoms with E-state index in [4.69, 9.17) is 0 Å². The van der Waals surface area contributed by atoms with Crippen molar-refractivity contribution in [1.29, 1.82) is 0 Å². The summed E-state index contributed by atoms with van der Waals surface area (Å²) in [5.74, 6) is 0. The number of fused-ring (bicyclic) bond motifs is 5. The lowest BCUT2D eigenvalue weighted by molar-refractivity contribution is 0.392. The molecule has 0 fully saturated rings. The fourth-order valence-corrected chi connectivity index (χ4v) is 11.6. The third-order valence-corrected chi connectivity index (χ3v) is 15.4. The minimum atomic E-state index is -0.0116. The molecule has 3 aliphatic rings. The maximum absolute atomic E-state index is 2.65. The summed E-state index contributed by atoms with van der Waals surface area (Å²) in [5, 5.41) is 0. The van der Waals surface area contributed by atoms with E-state index in [0.717, 1.165) is 18.5 Å². The van der Waals surface area contributed by atoms with Gasteiger partial charge in [-0.25, -0.2) is 0 Å². The summed E-state index contributed by atoms with van der Waals surface area (Å²) in [6.07, 6.45) is 2.15. The molecule has 0 bridgehead atoms. The van der Waals surface area contributed by atoms with Gasteiger partial charge in [-0.1, -0.05) is 191 Å². The minimum Gasteiger partial charge on any atom is -0.311 e. The molecule has 0 N–H and O–H groups in total. The lowest BCUT2D eigenvalue weighted by atomic mass is 9.33. The van der Waals surface area contributed by atoms with Gasteiger partial charge in [0.2, 0.25) is 0 Å². The Morgan fingerprint density at radius 1 is 0.406 bits per heavy atom. The smallest absolute Gasteiger partial charge is 0.252 e. The Hall–Kier alpha value is -6.58. The average molecular weight is 899 g/mol. The van der Waals surface area contributed by atoms with Crippen molar-refractivity contribution in [3.05, 3.63) is 197 Å². The molecule has 2 heterocycles. The molecule has 8 aromatic rings. The molecule has 3 heteroatoms. The van der Waals surface area contributed by atoms with Crippen LogP contribution in [0.2, 0.25) is 0 Å². The van der Waals surface area contributed by atoms with Crippen molar-refractivity contribution in [2.75, 3.05) is 9.80 Å². The molecule has 0 saturated carbocycles. The van der Waals surface area contributed by atoms with Crippen LogP contribution in [0.1, 0.15) is 110 Å². The van der Waals surface area contributed by atoms with Crippen molar-refractivity contribution in [3.8, 4) is 33.4 Å². The molecular formula is C66H67BN2. The van der Waals surface area contributed by atoms with Gasteiger partial charge in [0.25, 0.3) is 6.71 Å². The monoisotopic (exact) mass is 899 g/mol. The number of hydrogen-bond acceptors (Lipinski definition) is 2. The Bertz CT molecular complexity index is 3280. The highest BCUT2D eigenvalue weighted by atomic mass is 15.2. The summed E-state index contributed by atoms with van der Waals surface area (Å²) in [7, 11) is 0. The number of aryl methyl sites for hydroxylation is 1. The number of benzene rings is 8. The highest BCUT2D eigenvalue weighted by molar-refractivity contribution is 7.00. The van der Waals surface area contributed by atoms with Crippen LogP contribution in [-0.4, -0.2) is 6.71 Å². The summed E-state index contributed by atoms with van der Waals surface area (Å²) in [6.45, 7) is 27.9. The van der Waals surface area contributed by atoms with Crippen LogP contribution >= 0.6 is 0 Å². The van der Waals surface area contributed by atoms with Crippen molar-refractivity contribution in [1.82, 2.24) is 0 Å². The zero-order valence-corrected chi connectivity index (χ0v) is 43.0. The van der Waals surface area contributed by atoms with E-state index in [0.29, 0.717) is 0 Å². The van der Waals surface area contributed by atoms with Gasteiger partial charge in [-0.15, -0.1) is 0 Å². The summed E-state index contributed by atoms with van der Waals surface area (Å²) < 4.78 is 0. The summed E-state index contributed by atoms with van der Waals surface area (Å²) in [4.78, 5) is 5.22. The molecule has 0 spiro atoms. The van der Waals surface area contributed by atoms with Gasteiger partial charge in [-0.05, 0) is 168 Å². The lowest BCUT2D eigenvalue weighted by Crippen LogP contribution is -2.61. The quantitative estimate of drug-likeness (QED) is 0.159. The first kappa shape index (κ1) is 44.9. The van der Waals surface area contributed by atoms with E-state index in [-0.39, 0.29) is 28.4 Å². The normalized spacial score (nSPS) is 14.9. The Labute approximate surface area is 413 Å². The SMILES string of the molecule is Cc1cc2c3c(c1)N(c1ccc(C(C)(C)C)cc1-c1ccccc1)c1cc4c(cc1B3c1cc(-c3ccc(C(C)(C)C)cc3)ccc1N2c1ccc(-c2ccc(C(C)(C)C)cc2)cc1)CC(C)(C)C4. The van der Waals surface area contributed by atoms with E-state index < -0.39 is 0 Å². The standard InChI is InChI=1S/C66H67BN2/c1-42-34-60-62-61(35-42)69(57-33-29-52(65(8,9)10)39-54(57)46-16-14-13-15-17-46)59-38-49-41-66(11,12)40-48(49)37-56(59)67(62)55-36-47(45-20-27-51(28-21-45)64(5,6)7)24-32-58(55)68(60)53-30-22-44(23-31-53)43-18-25-50(26-19-43)63(2,3)4/h13-39H,40-41H2,1-12H3. The van der Waals surface area contributed by atoms with Crippen LogP contribution < -0.4 is 26.2 Å². The van der Waals surface area contributed by atoms with Crippen LogP contribution in [0.4, 0.5) is 34.1 Å². The average Bonchev–Trinajstić information content (AvgIpc) is 3.62. The van der Waals surface area contributed by atoms with Crippen molar-refractivity contribution < 1.29 is 0 Å². The first-order valence-electron chi connectivity index (χ1n) is 25.3. The molecule has 11 rings (SSSR count). The van der Waals surface area contributed by atoms with Crippen LogP contribution in [-0.2, 0) is 29.1 Å². The van der Waals surface area contributed by atoms with Crippen molar-refractivity contribution in [2.45, 2.75) is 112 Å². The van der Waals surface area contributed by atoms with Gasteiger partial charge >= 0.3 is 0 Å². The van der Waals surface area contributed by atoms with E-state index in [9.17, 15) is 0 Å². The van der Waals surface area contributed by atoms with Crippen molar-refractivity contribution >= 4 is 57.2 Å². The van der Waals surface area contributed by atoms with Crippen molar-refractivity contribution in [3.63, 3.8) is 0 Å². The summed E-state index contributed by atoms with van der Waals surface area (Å²) in [5.41, 5.74) is 27.5. The van der Waals surface area contributed by atoms with Gasteiger partial charge in [0.15, 0.2) is 0 Å². The van der Waals surface area contributed by atoms with E-state index in [1.807, 2.05) is 0 Å². The van der Waals surface area contributed by atoms with Gasteiger partial charge < -0.3 is 9.80 Å². The number of hydrogen-bond donors (Lipinski definition) is 0. The van der Waals surface area contributed by atoms with Gasteiger partial charge in [-0.2, -0.15) is 0 Å². The first-order chi connectivity index (χ1) is 32.7. The van der Waals surface area contributed by atoms with Crippen LogP contribution in [0.5, 0.6) is 0 Å². The zero-order chi connectivity index (χ0) is 48.4. The molecule has 0 aromatic heterocycles. The molecule has 2 aliphatic heterocycles. The second-order valence-electron chi connectivity index (χ2n) is 24.3. The maximum atomic E-state index is 2.65. The molecule has 0 unspecified atom stereocenters. The molecular weight excluding hydrogens is 832 g/mol. The fourth-order valence-electron chi connectivity index (χ4n) is 11.6. The second-order valence-corrected chi connectivity index (χ2v) is 24.3. The number of rotatable bonds is 5. The second kappa shape index (κ2) is 16.0. The number of nitrogens with zero attached hydrogens (tertiary/aromatic N) is 2. The van der Waals surface area contributed by atoms with Gasteiger partial charge in [-0.3, -0.25) is 0 Å². The number of anilines is 6. The Balaban J connectivity index is 1.17. The molecule has 0 atom stereocenters. The fraction of sp³-hybridized carbons (Fsp3) is 0.273. The molecule has 69 heavy (non-hydrogen) atoms. The minimum absolute atomic E-state index is 0.0116. The predicted molar refractivity (Wildman–Crippen MR) is 299 cm³/mol. The van der Waals surface area contributed by atoms with E-state index in [1.165, 1.54) is 112 Å². The third-order valence-electron chi connectivity index (χ3n) is 15.4. The van der Waals surface area contributed by atoms with Crippen molar-refractivity contribution in [2.24, 2.45) is 5.41 Å². The Kier molecular flexibility index (Phi) is 10.4. The van der Waals surface area contributed by atoms with E-state index in [1.54, 1.807) is 0 Å². The molecule has 8 aromatic carbocycles. The topological polar surface area (TPSA) is 6.48 Å². The zero-order valence-electron chi connectivity index (χ0n) is 43.0.